The minimum atomic E-state index is -0.821. The normalized spacial score (nSPS) is 18.8. The zero-order chi connectivity index (χ0) is 14.0. The molecule has 1 aromatic carbocycles. The molecule has 0 spiro atoms. The number of nitrogens with zero attached hydrogens (tertiary/aromatic N) is 1. The molecule has 4 nitrogen and oxygen atoms in total. The van der Waals surface area contributed by atoms with Crippen molar-refractivity contribution in [2.75, 3.05) is 18.1 Å². The molecule has 0 radical (unpaired) electrons. The number of hydrogen-bond donors (Lipinski definition) is 0. The molecule has 0 aliphatic carbocycles. The Balaban J connectivity index is 2.18. The molecule has 0 N–H and O–H groups in total. The average molecular weight is 269 g/mol. The van der Waals surface area contributed by atoms with Crippen LogP contribution in [-0.4, -0.2) is 25.0 Å². The van der Waals surface area contributed by atoms with Crippen LogP contribution < -0.4 is 4.90 Å². The van der Waals surface area contributed by atoms with Crippen LogP contribution in [0.2, 0.25) is 0 Å². The molecule has 0 saturated carbocycles. The van der Waals surface area contributed by atoms with Crippen LogP contribution in [0.25, 0.3) is 0 Å². The van der Waals surface area contributed by atoms with E-state index in [1.165, 1.54) is 6.07 Å². The van der Waals surface area contributed by atoms with Crippen LogP contribution in [0.3, 0.4) is 0 Å². The Kier molecular flexibility index (Phi) is 3.78. The van der Waals surface area contributed by atoms with Gasteiger partial charge in [-0.3, -0.25) is 9.59 Å². The van der Waals surface area contributed by atoms with Crippen molar-refractivity contribution >= 4 is 17.6 Å². The fourth-order valence-corrected chi connectivity index (χ4v) is 2.06. The summed E-state index contributed by atoms with van der Waals surface area (Å²) in [6, 6.07) is 2.97. The van der Waals surface area contributed by atoms with Crippen molar-refractivity contribution in [2.45, 2.75) is 13.3 Å². The van der Waals surface area contributed by atoms with Gasteiger partial charge in [0, 0.05) is 19.0 Å². The molecule has 1 amide bonds. The van der Waals surface area contributed by atoms with E-state index in [0.29, 0.717) is 6.07 Å². The van der Waals surface area contributed by atoms with Crippen molar-refractivity contribution < 1.29 is 23.1 Å². The largest absolute Gasteiger partial charge is 0.466 e. The number of hydrogen-bond acceptors (Lipinski definition) is 3. The van der Waals surface area contributed by atoms with E-state index < -0.39 is 23.5 Å². The first kappa shape index (κ1) is 13.5. The Labute approximate surface area is 109 Å². The maximum Gasteiger partial charge on any atom is 0.311 e. The highest BCUT2D eigenvalue weighted by atomic mass is 19.1. The van der Waals surface area contributed by atoms with E-state index in [2.05, 4.69) is 0 Å². The van der Waals surface area contributed by atoms with Crippen LogP contribution in [0.5, 0.6) is 0 Å². The molecule has 19 heavy (non-hydrogen) atoms. The molecule has 1 unspecified atom stereocenters. The second kappa shape index (κ2) is 5.34. The summed E-state index contributed by atoms with van der Waals surface area (Å²) in [5.41, 5.74) is -0.0156. The Bertz CT molecular complexity index is 519. The van der Waals surface area contributed by atoms with Crippen LogP contribution >= 0.6 is 0 Å². The number of benzene rings is 1. The zero-order valence-corrected chi connectivity index (χ0v) is 10.4. The molecule has 0 aromatic heterocycles. The number of rotatable bonds is 3. The number of esters is 1. The van der Waals surface area contributed by atoms with E-state index in [9.17, 15) is 18.4 Å². The van der Waals surface area contributed by atoms with Crippen molar-refractivity contribution in [1.29, 1.82) is 0 Å². The first-order chi connectivity index (χ1) is 9.02. The average Bonchev–Trinajstić information content (AvgIpc) is 2.72. The smallest absolute Gasteiger partial charge is 0.311 e. The fourth-order valence-electron chi connectivity index (χ4n) is 2.06. The van der Waals surface area contributed by atoms with E-state index in [0.717, 1.165) is 11.0 Å². The van der Waals surface area contributed by atoms with Crippen molar-refractivity contribution in [3.05, 3.63) is 29.8 Å². The fraction of sp³-hybridized carbons (Fsp3) is 0.385. The highest BCUT2D eigenvalue weighted by Crippen LogP contribution is 2.28. The summed E-state index contributed by atoms with van der Waals surface area (Å²) < 4.78 is 31.3. The van der Waals surface area contributed by atoms with Gasteiger partial charge in [-0.15, -0.1) is 0 Å². The minimum Gasteiger partial charge on any atom is -0.466 e. The van der Waals surface area contributed by atoms with E-state index >= 15 is 0 Å². The van der Waals surface area contributed by atoms with Crippen molar-refractivity contribution in [3.63, 3.8) is 0 Å². The summed E-state index contributed by atoms with van der Waals surface area (Å²) in [6.45, 7) is 1.96. The molecule has 1 aliphatic heterocycles. The first-order valence-electron chi connectivity index (χ1n) is 5.95. The maximum atomic E-state index is 13.6. The summed E-state index contributed by atoms with van der Waals surface area (Å²) in [5, 5.41) is 0. The van der Waals surface area contributed by atoms with Gasteiger partial charge in [-0.1, -0.05) is 0 Å². The molecule has 1 atom stereocenters. The summed E-state index contributed by atoms with van der Waals surface area (Å²) in [4.78, 5) is 24.5. The van der Waals surface area contributed by atoms with Gasteiger partial charge >= 0.3 is 5.97 Å². The quantitative estimate of drug-likeness (QED) is 0.787. The Morgan fingerprint density at radius 2 is 2.21 bits per heavy atom. The Hall–Kier alpha value is -1.98. The second-order valence-electron chi connectivity index (χ2n) is 4.25. The van der Waals surface area contributed by atoms with Crippen molar-refractivity contribution in [3.8, 4) is 0 Å². The van der Waals surface area contributed by atoms with Gasteiger partial charge in [0.25, 0.3) is 0 Å². The van der Waals surface area contributed by atoms with Crippen molar-refractivity contribution in [2.24, 2.45) is 5.92 Å². The van der Waals surface area contributed by atoms with Crippen LogP contribution in [0.1, 0.15) is 13.3 Å². The molecule has 1 aromatic rings. The summed E-state index contributed by atoms with van der Waals surface area (Å²) in [7, 11) is 0. The van der Waals surface area contributed by atoms with E-state index in [4.69, 9.17) is 4.74 Å². The monoisotopic (exact) mass is 269 g/mol. The van der Waals surface area contributed by atoms with Crippen LogP contribution in [0.15, 0.2) is 18.2 Å². The molecule has 2 rings (SSSR count). The number of anilines is 1. The van der Waals surface area contributed by atoms with E-state index in [1.807, 2.05) is 0 Å². The first-order valence-corrected chi connectivity index (χ1v) is 5.95. The summed E-state index contributed by atoms with van der Waals surface area (Å²) in [5.74, 6) is -2.98. The predicted molar refractivity (Wildman–Crippen MR) is 63.5 cm³/mol. The predicted octanol–water partition coefficient (Wildman–Crippen LogP) is 1.88. The van der Waals surface area contributed by atoms with Gasteiger partial charge in [0.05, 0.1) is 18.2 Å². The van der Waals surface area contributed by atoms with Gasteiger partial charge in [0.15, 0.2) is 0 Å². The van der Waals surface area contributed by atoms with Gasteiger partial charge in [-0.25, -0.2) is 8.78 Å². The summed E-state index contributed by atoms with van der Waals surface area (Å²) >= 11 is 0. The molecular weight excluding hydrogens is 256 g/mol. The SMILES string of the molecule is CCOC(=O)C1CC(=O)N(c2ccc(F)cc2F)C1. The molecule has 0 bridgehead atoms. The van der Waals surface area contributed by atoms with E-state index in [1.54, 1.807) is 6.92 Å². The Morgan fingerprint density at radius 1 is 1.47 bits per heavy atom. The highest BCUT2D eigenvalue weighted by Gasteiger charge is 2.37. The third-order valence-corrected chi connectivity index (χ3v) is 2.95. The topological polar surface area (TPSA) is 46.6 Å². The third-order valence-electron chi connectivity index (χ3n) is 2.95. The highest BCUT2D eigenvalue weighted by molar-refractivity contribution is 5.99. The lowest BCUT2D eigenvalue weighted by Gasteiger charge is -2.17. The van der Waals surface area contributed by atoms with E-state index in [-0.39, 0.29) is 31.2 Å². The lowest BCUT2D eigenvalue weighted by Crippen LogP contribution is -2.27. The molecule has 1 aliphatic rings. The maximum absolute atomic E-state index is 13.6. The number of ether oxygens (including phenoxy) is 1. The third kappa shape index (κ3) is 2.72. The lowest BCUT2D eigenvalue weighted by atomic mass is 10.1. The molecule has 6 heteroatoms. The van der Waals surface area contributed by atoms with Crippen molar-refractivity contribution in [1.82, 2.24) is 0 Å². The van der Waals surface area contributed by atoms with Gasteiger partial charge in [-0.2, -0.15) is 0 Å². The van der Waals surface area contributed by atoms with Gasteiger partial charge < -0.3 is 9.64 Å². The standard InChI is InChI=1S/C13H13F2NO3/c1-2-19-13(18)8-5-12(17)16(7-8)11-4-3-9(14)6-10(11)15/h3-4,6,8H,2,5,7H2,1H3. The second-order valence-corrected chi connectivity index (χ2v) is 4.25. The lowest BCUT2D eigenvalue weighted by molar-refractivity contribution is -0.147. The number of halogens is 2. The number of amides is 1. The molecule has 1 saturated heterocycles. The molecule has 102 valence electrons. The van der Waals surface area contributed by atoms with Crippen LogP contribution in [0, 0.1) is 17.6 Å². The zero-order valence-electron chi connectivity index (χ0n) is 10.4. The molecular formula is C13H13F2NO3. The Morgan fingerprint density at radius 3 is 2.84 bits per heavy atom. The number of carbonyl (C=O) groups is 2. The van der Waals surface area contributed by atoms with Gasteiger partial charge in [-0.05, 0) is 19.1 Å². The van der Waals surface area contributed by atoms with Gasteiger partial charge in [0.2, 0.25) is 5.91 Å². The van der Waals surface area contributed by atoms with Gasteiger partial charge in [0.1, 0.15) is 11.6 Å². The summed E-state index contributed by atoms with van der Waals surface area (Å²) in [6.07, 6.45) is -0.0182. The van der Waals surface area contributed by atoms with Crippen LogP contribution in [-0.2, 0) is 14.3 Å². The number of carbonyl (C=O) groups excluding carboxylic acids is 2. The molecule has 1 heterocycles. The molecule has 1 fully saturated rings. The minimum absolute atomic E-state index is 0.0156. The van der Waals surface area contributed by atoms with Crippen LogP contribution in [0.4, 0.5) is 14.5 Å².